The molecule has 1 atom stereocenters. The zero-order chi connectivity index (χ0) is 11.0. The average molecular weight is 216 g/mol. The molecular formula is C13H16N2O. The number of hydrogen-bond donors (Lipinski definition) is 1. The van der Waals surface area contributed by atoms with Crippen molar-refractivity contribution in [2.75, 3.05) is 13.1 Å². The van der Waals surface area contributed by atoms with Crippen LogP contribution in [-0.2, 0) is 0 Å². The first-order valence-electron chi connectivity index (χ1n) is 5.90. The molecule has 4 rings (SSSR count). The van der Waals surface area contributed by atoms with Crippen LogP contribution < -0.4 is 0 Å². The molecule has 0 spiro atoms. The maximum atomic E-state index is 10.2. The molecule has 3 fully saturated rings. The first-order valence-corrected chi connectivity index (χ1v) is 5.90. The van der Waals surface area contributed by atoms with E-state index in [4.69, 9.17) is 0 Å². The summed E-state index contributed by atoms with van der Waals surface area (Å²) in [4.78, 5) is 6.57. The number of aliphatic hydroxyl groups excluding tert-OH is 1. The summed E-state index contributed by atoms with van der Waals surface area (Å²) in [5.41, 5.74) is 1.99. The van der Waals surface area contributed by atoms with Crippen LogP contribution in [0.1, 0.15) is 18.5 Å². The van der Waals surface area contributed by atoms with Crippen molar-refractivity contribution in [3.8, 4) is 0 Å². The fraction of sp³-hybridized carbons (Fsp3) is 0.462. The highest BCUT2D eigenvalue weighted by Crippen LogP contribution is 2.35. The second-order valence-electron chi connectivity index (χ2n) is 4.59. The number of pyridine rings is 1. The van der Waals surface area contributed by atoms with Crippen molar-refractivity contribution in [3.05, 3.63) is 35.8 Å². The van der Waals surface area contributed by atoms with Crippen molar-refractivity contribution < 1.29 is 5.11 Å². The van der Waals surface area contributed by atoms with Gasteiger partial charge in [0.25, 0.3) is 0 Å². The third-order valence-corrected chi connectivity index (χ3v) is 3.64. The molecule has 1 aromatic rings. The maximum Gasteiger partial charge on any atom is 0.0966 e. The predicted octanol–water partition coefficient (Wildman–Crippen LogP) is 1.51. The fourth-order valence-electron chi connectivity index (χ4n) is 2.69. The quantitative estimate of drug-likeness (QED) is 0.773. The molecule has 16 heavy (non-hydrogen) atoms. The third-order valence-electron chi connectivity index (χ3n) is 3.64. The Balaban J connectivity index is 1.92. The standard InChI is InChI=1S/C13H16N2O/c16-13-10-4-7-15(8-5-10)12(13)9-11-3-1-2-6-14-11/h1-3,6,9-10,13,16H,4-5,7-8H2/b12-9+. The SMILES string of the molecule is OC1/C(=C\c2ccccn2)N2CCC1CC2. The molecule has 84 valence electrons. The largest absolute Gasteiger partial charge is 0.387 e. The molecule has 3 heteroatoms. The molecule has 0 aliphatic carbocycles. The van der Waals surface area contributed by atoms with Crippen LogP contribution in [-0.4, -0.2) is 34.2 Å². The predicted molar refractivity (Wildman–Crippen MR) is 62.5 cm³/mol. The number of aliphatic hydroxyl groups is 1. The number of nitrogens with zero attached hydrogens (tertiary/aromatic N) is 2. The Kier molecular flexibility index (Phi) is 2.40. The molecule has 1 unspecified atom stereocenters. The summed E-state index contributed by atoms with van der Waals surface area (Å²) in [5.74, 6) is 0.458. The topological polar surface area (TPSA) is 36.4 Å². The van der Waals surface area contributed by atoms with Gasteiger partial charge >= 0.3 is 0 Å². The summed E-state index contributed by atoms with van der Waals surface area (Å²) >= 11 is 0. The van der Waals surface area contributed by atoms with Gasteiger partial charge in [-0.2, -0.15) is 0 Å². The van der Waals surface area contributed by atoms with Gasteiger partial charge in [0.2, 0.25) is 0 Å². The Morgan fingerprint density at radius 1 is 1.31 bits per heavy atom. The van der Waals surface area contributed by atoms with Gasteiger partial charge in [0.05, 0.1) is 11.8 Å². The van der Waals surface area contributed by atoms with Gasteiger partial charge in [-0.3, -0.25) is 4.98 Å². The Morgan fingerprint density at radius 2 is 2.12 bits per heavy atom. The van der Waals surface area contributed by atoms with Crippen molar-refractivity contribution in [2.24, 2.45) is 5.92 Å². The van der Waals surface area contributed by atoms with Gasteiger partial charge in [0.1, 0.15) is 0 Å². The molecule has 0 saturated carbocycles. The monoisotopic (exact) mass is 216 g/mol. The molecule has 1 aromatic heterocycles. The Bertz CT molecular complexity index is 390. The third kappa shape index (κ3) is 1.61. The number of aromatic nitrogens is 1. The number of hydrogen-bond acceptors (Lipinski definition) is 3. The minimum absolute atomic E-state index is 0.287. The average Bonchev–Trinajstić information content (AvgIpc) is 2.36. The van der Waals surface area contributed by atoms with Crippen LogP contribution in [0.2, 0.25) is 0 Å². The molecule has 1 N–H and O–H groups in total. The molecule has 3 nitrogen and oxygen atoms in total. The minimum Gasteiger partial charge on any atom is -0.387 e. The zero-order valence-corrected chi connectivity index (χ0v) is 9.21. The van der Waals surface area contributed by atoms with E-state index in [2.05, 4.69) is 9.88 Å². The van der Waals surface area contributed by atoms with Gasteiger partial charge in [0.15, 0.2) is 0 Å². The maximum absolute atomic E-state index is 10.2. The van der Waals surface area contributed by atoms with E-state index >= 15 is 0 Å². The molecule has 3 aliphatic rings. The van der Waals surface area contributed by atoms with Gasteiger partial charge in [-0.15, -0.1) is 0 Å². The van der Waals surface area contributed by atoms with Crippen molar-refractivity contribution >= 4 is 6.08 Å². The normalized spacial score (nSPS) is 31.1. The summed E-state index contributed by atoms with van der Waals surface area (Å²) in [6, 6.07) is 5.86. The van der Waals surface area contributed by atoms with E-state index in [0.29, 0.717) is 5.92 Å². The smallest absolute Gasteiger partial charge is 0.0966 e. The van der Waals surface area contributed by atoms with E-state index in [0.717, 1.165) is 37.3 Å². The van der Waals surface area contributed by atoms with Crippen LogP contribution in [0.5, 0.6) is 0 Å². The molecular weight excluding hydrogens is 200 g/mol. The highest BCUT2D eigenvalue weighted by atomic mass is 16.3. The van der Waals surface area contributed by atoms with E-state index < -0.39 is 0 Å². The summed E-state index contributed by atoms with van der Waals surface area (Å²) in [6.45, 7) is 2.17. The van der Waals surface area contributed by atoms with Gasteiger partial charge in [0, 0.05) is 25.0 Å². The molecule has 0 aromatic carbocycles. The summed E-state index contributed by atoms with van der Waals surface area (Å²) < 4.78 is 0. The van der Waals surface area contributed by atoms with E-state index in [1.54, 1.807) is 6.20 Å². The Labute approximate surface area is 95.4 Å². The van der Waals surface area contributed by atoms with Crippen molar-refractivity contribution in [2.45, 2.75) is 18.9 Å². The first kappa shape index (κ1) is 9.85. The van der Waals surface area contributed by atoms with Crippen LogP contribution in [0.3, 0.4) is 0 Å². The summed E-state index contributed by atoms with van der Waals surface area (Å²) in [7, 11) is 0. The molecule has 3 saturated heterocycles. The summed E-state index contributed by atoms with van der Waals surface area (Å²) in [6.07, 6.45) is 5.77. The van der Waals surface area contributed by atoms with Gasteiger partial charge in [-0.1, -0.05) is 6.07 Å². The highest BCUT2D eigenvalue weighted by molar-refractivity contribution is 5.50. The second-order valence-corrected chi connectivity index (χ2v) is 4.59. The zero-order valence-electron chi connectivity index (χ0n) is 9.21. The lowest BCUT2D eigenvalue weighted by Gasteiger charge is -2.45. The highest BCUT2D eigenvalue weighted by Gasteiger charge is 2.36. The lowest BCUT2D eigenvalue weighted by Crippen LogP contribution is -2.48. The molecule has 2 bridgehead atoms. The fourth-order valence-corrected chi connectivity index (χ4v) is 2.69. The van der Waals surface area contributed by atoms with Crippen LogP contribution in [0, 0.1) is 5.92 Å². The molecule has 0 amide bonds. The number of fused-ring (bicyclic) bond motifs is 3. The van der Waals surface area contributed by atoms with Crippen molar-refractivity contribution in [1.29, 1.82) is 0 Å². The second kappa shape index (κ2) is 3.91. The van der Waals surface area contributed by atoms with Crippen LogP contribution in [0.15, 0.2) is 30.1 Å². The van der Waals surface area contributed by atoms with E-state index in [-0.39, 0.29) is 6.10 Å². The Morgan fingerprint density at radius 3 is 2.75 bits per heavy atom. The van der Waals surface area contributed by atoms with E-state index in [1.807, 2.05) is 24.3 Å². The van der Waals surface area contributed by atoms with Crippen molar-refractivity contribution in [1.82, 2.24) is 9.88 Å². The van der Waals surface area contributed by atoms with Gasteiger partial charge < -0.3 is 10.0 Å². The summed E-state index contributed by atoms with van der Waals surface area (Å²) in [5, 5.41) is 10.2. The number of rotatable bonds is 1. The van der Waals surface area contributed by atoms with Gasteiger partial charge in [-0.05, 0) is 37.0 Å². The Hall–Kier alpha value is -1.35. The lowest BCUT2D eigenvalue weighted by atomic mass is 9.83. The van der Waals surface area contributed by atoms with Gasteiger partial charge in [-0.25, -0.2) is 0 Å². The number of piperidine rings is 3. The van der Waals surface area contributed by atoms with Crippen molar-refractivity contribution in [3.63, 3.8) is 0 Å². The molecule has 4 heterocycles. The van der Waals surface area contributed by atoms with E-state index in [1.165, 1.54) is 0 Å². The first-order chi connectivity index (χ1) is 7.84. The van der Waals surface area contributed by atoms with Crippen LogP contribution in [0.25, 0.3) is 6.08 Å². The lowest BCUT2D eigenvalue weighted by molar-refractivity contribution is 0.0214. The molecule has 3 aliphatic heterocycles. The molecule has 0 radical (unpaired) electrons. The van der Waals surface area contributed by atoms with Crippen LogP contribution in [0.4, 0.5) is 0 Å². The van der Waals surface area contributed by atoms with Crippen LogP contribution >= 0.6 is 0 Å². The van der Waals surface area contributed by atoms with E-state index in [9.17, 15) is 5.11 Å². The minimum atomic E-state index is -0.287.